The van der Waals surface area contributed by atoms with Crippen molar-refractivity contribution in [1.82, 2.24) is 5.32 Å². The van der Waals surface area contributed by atoms with E-state index >= 15 is 0 Å². The minimum Gasteiger partial charge on any atom is -0.480 e. The molecule has 0 saturated heterocycles. The van der Waals surface area contributed by atoms with Gasteiger partial charge in [-0.25, -0.2) is 4.79 Å². The zero-order chi connectivity index (χ0) is 15.7. The number of benzene rings is 1. The second-order valence-corrected chi connectivity index (χ2v) is 5.48. The number of carboxylic acids is 1. The number of carboxylic acid groups (broad SMARTS) is 1. The number of hydrogen-bond donors (Lipinski definition) is 3. The quantitative estimate of drug-likeness (QED) is 0.614. The molecule has 2 N–H and O–H groups in total. The van der Waals surface area contributed by atoms with Gasteiger partial charge in [-0.05, 0) is 18.4 Å². The van der Waals surface area contributed by atoms with E-state index in [0.29, 0.717) is 18.6 Å². The van der Waals surface area contributed by atoms with Gasteiger partial charge in [-0.15, -0.1) is 0 Å². The molecular weight excluding hydrogens is 286 g/mol. The van der Waals surface area contributed by atoms with E-state index in [4.69, 9.17) is 5.11 Å². The fraction of sp³-hybridized carbons (Fsp3) is 0.500. The van der Waals surface area contributed by atoms with Crippen molar-refractivity contribution in [1.29, 1.82) is 0 Å². The molecule has 21 heavy (non-hydrogen) atoms. The smallest absolute Gasteiger partial charge is 0.326 e. The Hall–Kier alpha value is -1.49. The van der Waals surface area contributed by atoms with E-state index in [0.717, 1.165) is 18.4 Å². The van der Waals surface area contributed by atoms with Crippen molar-refractivity contribution in [3.8, 4) is 0 Å². The summed E-state index contributed by atoms with van der Waals surface area (Å²) in [5, 5.41) is 11.8. The van der Waals surface area contributed by atoms with Gasteiger partial charge >= 0.3 is 5.97 Å². The summed E-state index contributed by atoms with van der Waals surface area (Å²) in [6.07, 6.45) is 2.71. The number of hydrogen-bond acceptors (Lipinski definition) is 3. The first-order valence-electron chi connectivity index (χ1n) is 7.26. The van der Waals surface area contributed by atoms with Crippen LogP contribution in [0.25, 0.3) is 0 Å². The maximum atomic E-state index is 12.2. The summed E-state index contributed by atoms with van der Waals surface area (Å²) in [4.78, 5) is 23.4. The number of nitrogens with one attached hydrogen (secondary N) is 1. The van der Waals surface area contributed by atoms with Crippen molar-refractivity contribution in [2.45, 2.75) is 38.6 Å². The minimum absolute atomic E-state index is 0.239. The Balaban J connectivity index is 2.62. The van der Waals surface area contributed by atoms with Crippen molar-refractivity contribution >= 4 is 24.5 Å². The molecule has 5 heteroatoms. The number of aliphatic carboxylic acids is 1. The van der Waals surface area contributed by atoms with Gasteiger partial charge in [-0.2, -0.15) is 12.6 Å². The third-order valence-electron chi connectivity index (χ3n) is 3.38. The van der Waals surface area contributed by atoms with Crippen LogP contribution in [0.15, 0.2) is 30.3 Å². The molecule has 1 unspecified atom stereocenters. The van der Waals surface area contributed by atoms with Crippen molar-refractivity contribution in [2.24, 2.45) is 5.92 Å². The largest absolute Gasteiger partial charge is 0.480 e. The van der Waals surface area contributed by atoms with Crippen LogP contribution in [0.3, 0.4) is 0 Å². The highest BCUT2D eigenvalue weighted by atomic mass is 32.1. The molecule has 0 aliphatic rings. The number of carbonyl (C=O) groups is 2. The monoisotopic (exact) mass is 309 g/mol. The van der Waals surface area contributed by atoms with Crippen LogP contribution in [0.1, 0.15) is 31.7 Å². The van der Waals surface area contributed by atoms with Gasteiger partial charge in [-0.1, -0.05) is 50.1 Å². The van der Waals surface area contributed by atoms with Gasteiger partial charge in [0.25, 0.3) is 0 Å². The SMILES string of the molecule is CCCC[C@H](NC(=O)C(CS)Cc1ccccc1)C(=O)O. The summed E-state index contributed by atoms with van der Waals surface area (Å²) >= 11 is 4.22. The van der Waals surface area contributed by atoms with Crippen LogP contribution in [0.4, 0.5) is 0 Å². The molecule has 0 aliphatic heterocycles. The lowest BCUT2D eigenvalue weighted by Gasteiger charge is -2.19. The first-order chi connectivity index (χ1) is 10.1. The first kappa shape index (κ1) is 17.6. The Morgan fingerprint density at radius 1 is 1.29 bits per heavy atom. The molecule has 0 spiro atoms. The molecule has 0 heterocycles. The lowest BCUT2D eigenvalue weighted by molar-refractivity contribution is -0.142. The van der Waals surface area contributed by atoms with E-state index < -0.39 is 12.0 Å². The van der Waals surface area contributed by atoms with Crippen LogP contribution in [-0.4, -0.2) is 28.8 Å². The summed E-state index contributed by atoms with van der Waals surface area (Å²) in [6, 6.07) is 8.86. The van der Waals surface area contributed by atoms with E-state index in [1.54, 1.807) is 0 Å². The van der Waals surface area contributed by atoms with Gasteiger partial charge in [0.2, 0.25) is 5.91 Å². The molecule has 1 aromatic carbocycles. The number of rotatable bonds is 9. The Labute approximate surface area is 131 Å². The molecule has 1 rings (SSSR count). The van der Waals surface area contributed by atoms with Gasteiger partial charge in [0.15, 0.2) is 0 Å². The Bertz CT molecular complexity index is 450. The average Bonchev–Trinajstić information content (AvgIpc) is 2.49. The molecular formula is C16H23NO3S. The number of thiol groups is 1. The highest BCUT2D eigenvalue weighted by Gasteiger charge is 2.24. The molecule has 4 nitrogen and oxygen atoms in total. The molecule has 1 aromatic rings. The third-order valence-corrected chi connectivity index (χ3v) is 3.82. The van der Waals surface area contributed by atoms with E-state index in [1.807, 2.05) is 37.3 Å². The summed E-state index contributed by atoms with van der Waals surface area (Å²) in [7, 11) is 0. The molecule has 0 aliphatic carbocycles. The summed E-state index contributed by atoms with van der Waals surface area (Å²) in [5.41, 5.74) is 1.05. The molecule has 0 radical (unpaired) electrons. The molecule has 116 valence electrons. The zero-order valence-corrected chi connectivity index (χ0v) is 13.2. The third kappa shape index (κ3) is 6.21. The van der Waals surface area contributed by atoms with E-state index in [9.17, 15) is 9.59 Å². The van der Waals surface area contributed by atoms with Crippen molar-refractivity contribution in [3.05, 3.63) is 35.9 Å². The second kappa shape index (κ2) is 9.45. The molecule has 0 fully saturated rings. The Morgan fingerprint density at radius 2 is 1.95 bits per heavy atom. The normalized spacial score (nSPS) is 13.4. The zero-order valence-electron chi connectivity index (χ0n) is 12.3. The van der Waals surface area contributed by atoms with Gasteiger partial charge in [0.05, 0.1) is 5.92 Å². The number of unbranched alkanes of at least 4 members (excludes halogenated alkanes) is 1. The molecule has 0 bridgehead atoms. The van der Waals surface area contributed by atoms with Crippen molar-refractivity contribution < 1.29 is 14.7 Å². The van der Waals surface area contributed by atoms with Crippen LogP contribution >= 0.6 is 12.6 Å². The van der Waals surface area contributed by atoms with Crippen molar-refractivity contribution in [2.75, 3.05) is 5.75 Å². The van der Waals surface area contributed by atoms with Gasteiger partial charge in [0, 0.05) is 5.75 Å². The lowest BCUT2D eigenvalue weighted by Crippen LogP contribution is -2.44. The highest BCUT2D eigenvalue weighted by Crippen LogP contribution is 2.12. The van der Waals surface area contributed by atoms with Crippen LogP contribution in [0.2, 0.25) is 0 Å². The number of carbonyl (C=O) groups excluding carboxylic acids is 1. The van der Waals surface area contributed by atoms with Gasteiger partial charge in [-0.3, -0.25) is 4.79 Å². The minimum atomic E-state index is -0.977. The molecule has 0 aromatic heterocycles. The Kier molecular flexibility index (Phi) is 7.90. The maximum Gasteiger partial charge on any atom is 0.326 e. The van der Waals surface area contributed by atoms with Gasteiger partial charge in [0.1, 0.15) is 6.04 Å². The van der Waals surface area contributed by atoms with E-state index in [1.165, 1.54) is 0 Å². The topological polar surface area (TPSA) is 66.4 Å². The average molecular weight is 309 g/mol. The fourth-order valence-electron chi connectivity index (χ4n) is 2.09. The van der Waals surface area contributed by atoms with Crippen LogP contribution in [0, 0.1) is 5.92 Å². The maximum absolute atomic E-state index is 12.2. The molecule has 2 atom stereocenters. The predicted octanol–water partition coefficient (Wildman–Crippen LogP) is 2.53. The highest BCUT2D eigenvalue weighted by molar-refractivity contribution is 7.80. The summed E-state index contributed by atoms with van der Waals surface area (Å²) in [5.74, 6) is -1.15. The van der Waals surface area contributed by atoms with Crippen LogP contribution < -0.4 is 5.32 Å². The summed E-state index contributed by atoms with van der Waals surface area (Å²) < 4.78 is 0. The molecule has 1 amide bonds. The van der Waals surface area contributed by atoms with E-state index in [-0.39, 0.29) is 11.8 Å². The second-order valence-electron chi connectivity index (χ2n) is 5.11. The number of amides is 1. The Morgan fingerprint density at radius 3 is 2.48 bits per heavy atom. The van der Waals surface area contributed by atoms with E-state index in [2.05, 4.69) is 17.9 Å². The molecule has 0 saturated carbocycles. The summed E-state index contributed by atoms with van der Waals surface area (Å²) in [6.45, 7) is 1.99. The lowest BCUT2D eigenvalue weighted by atomic mass is 9.99. The first-order valence-corrected chi connectivity index (χ1v) is 7.89. The standard InChI is InChI=1S/C16H23NO3S/c1-2-3-9-14(16(19)20)17-15(18)13(11-21)10-12-7-5-4-6-8-12/h4-8,13-14,21H,2-3,9-11H2,1H3,(H,17,18)(H,19,20)/t13?,14-/m0/s1. The van der Waals surface area contributed by atoms with Crippen LogP contribution in [-0.2, 0) is 16.0 Å². The van der Waals surface area contributed by atoms with Crippen molar-refractivity contribution in [3.63, 3.8) is 0 Å². The van der Waals surface area contributed by atoms with Gasteiger partial charge < -0.3 is 10.4 Å². The predicted molar refractivity (Wildman–Crippen MR) is 86.6 cm³/mol. The fourth-order valence-corrected chi connectivity index (χ4v) is 2.39. The van der Waals surface area contributed by atoms with Crippen LogP contribution in [0.5, 0.6) is 0 Å².